The van der Waals surface area contributed by atoms with Crippen LogP contribution in [0.25, 0.3) is 0 Å². The molecule has 6 nitrogen and oxygen atoms in total. The Bertz CT molecular complexity index is 1080. The Morgan fingerprint density at radius 1 is 1.17 bits per heavy atom. The first-order chi connectivity index (χ1) is 14.4. The minimum atomic E-state index is -4.45. The van der Waals surface area contributed by atoms with Crippen LogP contribution in [-0.4, -0.2) is 23.1 Å². The molecule has 2 aromatic carbocycles. The molecule has 1 aromatic heterocycles. The summed E-state index contributed by atoms with van der Waals surface area (Å²) in [6, 6.07) is 10.6. The molecule has 1 unspecified atom stereocenters. The van der Waals surface area contributed by atoms with E-state index in [1.807, 2.05) is 6.07 Å². The average Bonchev–Trinajstić information content (AvgIpc) is 3.19. The van der Waals surface area contributed by atoms with Crippen LogP contribution in [0.1, 0.15) is 34.6 Å². The number of benzene rings is 2. The SMILES string of the molecule is COc1cc(C2CC(=N)Nc3n[nH]cc32)ccc1OCc1ccccc1C(F)(F)F. The normalized spacial score (nSPS) is 16.0. The molecule has 1 aliphatic rings. The van der Waals surface area contributed by atoms with Crippen LogP contribution in [0, 0.1) is 5.41 Å². The van der Waals surface area contributed by atoms with Gasteiger partial charge in [0.1, 0.15) is 6.61 Å². The fourth-order valence-corrected chi connectivity index (χ4v) is 3.57. The van der Waals surface area contributed by atoms with E-state index in [-0.39, 0.29) is 18.1 Å². The summed E-state index contributed by atoms with van der Waals surface area (Å²) in [6.07, 6.45) is -2.20. The Labute approximate surface area is 170 Å². The van der Waals surface area contributed by atoms with E-state index < -0.39 is 11.7 Å². The number of rotatable bonds is 5. The monoisotopic (exact) mass is 416 g/mol. The highest BCUT2D eigenvalue weighted by Gasteiger charge is 2.33. The summed E-state index contributed by atoms with van der Waals surface area (Å²) in [5.74, 6) is 1.62. The Morgan fingerprint density at radius 3 is 2.73 bits per heavy atom. The molecule has 0 radical (unpaired) electrons. The van der Waals surface area contributed by atoms with E-state index in [0.29, 0.717) is 29.6 Å². The van der Waals surface area contributed by atoms with Crippen molar-refractivity contribution in [2.75, 3.05) is 12.4 Å². The maximum atomic E-state index is 13.2. The van der Waals surface area contributed by atoms with Gasteiger partial charge in [0, 0.05) is 29.7 Å². The number of aromatic nitrogens is 2. The van der Waals surface area contributed by atoms with Crippen molar-refractivity contribution in [1.82, 2.24) is 10.2 Å². The first-order valence-corrected chi connectivity index (χ1v) is 9.20. The number of anilines is 1. The number of aromatic amines is 1. The van der Waals surface area contributed by atoms with Gasteiger partial charge in [-0.1, -0.05) is 24.3 Å². The topological polar surface area (TPSA) is 83.0 Å². The molecule has 0 bridgehead atoms. The van der Waals surface area contributed by atoms with Crippen molar-refractivity contribution < 1.29 is 22.6 Å². The second-order valence-electron chi connectivity index (χ2n) is 6.90. The van der Waals surface area contributed by atoms with Crippen molar-refractivity contribution in [3.05, 3.63) is 70.9 Å². The van der Waals surface area contributed by atoms with Gasteiger partial charge < -0.3 is 14.8 Å². The lowest BCUT2D eigenvalue weighted by atomic mass is 9.87. The summed E-state index contributed by atoms with van der Waals surface area (Å²) < 4.78 is 50.7. The molecule has 3 N–H and O–H groups in total. The highest BCUT2D eigenvalue weighted by molar-refractivity contribution is 5.96. The van der Waals surface area contributed by atoms with Crippen molar-refractivity contribution in [3.8, 4) is 11.5 Å². The van der Waals surface area contributed by atoms with Crippen LogP contribution in [0.4, 0.5) is 19.0 Å². The van der Waals surface area contributed by atoms with E-state index in [1.54, 1.807) is 24.4 Å². The number of halogens is 3. The highest BCUT2D eigenvalue weighted by atomic mass is 19.4. The van der Waals surface area contributed by atoms with E-state index in [4.69, 9.17) is 14.9 Å². The molecule has 4 rings (SSSR count). The molecule has 9 heteroatoms. The van der Waals surface area contributed by atoms with Crippen LogP contribution in [0.15, 0.2) is 48.7 Å². The van der Waals surface area contributed by atoms with Gasteiger partial charge in [-0.2, -0.15) is 18.3 Å². The first-order valence-electron chi connectivity index (χ1n) is 9.20. The van der Waals surface area contributed by atoms with Crippen LogP contribution in [0.2, 0.25) is 0 Å². The standard InChI is InChI=1S/C21H19F3N4O2/c1-29-18-8-12(14-9-19(25)27-20-15(14)10-26-28-20)6-7-17(18)30-11-13-4-2-3-5-16(13)21(22,23)24/h2-8,10,14H,9,11H2,1H3,(H3,25,26,27,28). The summed E-state index contributed by atoms with van der Waals surface area (Å²) in [7, 11) is 1.48. The van der Waals surface area contributed by atoms with Crippen molar-refractivity contribution in [2.45, 2.75) is 25.1 Å². The van der Waals surface area contributed by atoms with Gasteiger partial charge in [0.25, 0.3) is 0 Å². The number of fused-ring (bicyclic) bond motifs is 1. The Hall–Kier alpha value is -3.49. The number of ether oxygens (including phenoxy) is 2. The molecule has 3 aromatic rings. The second kappa shape index (κ2) is 7.74. The lowest BCUT2D eigenvalue weighted by Gasteiger charge is -2.24. The molecular weight excluding hydrogens is 397 g/mol. The van der Waals surface area contributed by atoms with E-state index in [1.165, 1.54) is 19.2 Å². The molecule has 1 atom stereocenters. The van der Waals surface area contributed by atoms with Gasteiger partial charge in [0.15, 0.2) is 17.3 Å². The third kappa shape index (κ3) is 3.83. The molecule has 0 saturated heterocycles. The van der Waals surface area contributed by atoms with E-state index in [0.717, 1.165) is 17.2 Å². The third-order valence-corrected chi connectivity index (χ3v) is 5.02. The number of nitrogens with one attached hydrogen (secondary N) is 3. The maximum absolute atomic E-state index is 13.2. The van der Waals surface area contributed by atoms with Gasteiger partial charge in [-0.3, -0.25) is 10.5 Å². The summed E-state index contributed by atoms with van der Waals surface area (Å²) in [5.41, 5.74) is 1.15. The number of H-pyrrole nitrogens is 1. The Morgan fingerprint density at radius 2 is 1.97 bits per heavy atom. The smallest absolute Gasteiger partial charge is 0.416 e. The minimum Gasteiger partial charge on any atom is -0.493 e. The van der Waals surface area contributed by atoms with Crippen LogP contribution >= 0.6 is 0 Å². The van der Waals surface area contributed by atoms with Crippen molar-refractivity contribution in [2.24, 2.45) is 0 Å². The van der Waals surface area contributed by atoms with E-state index in [9.17, 15) is 13.2 Å². The Balaban J connectivity index is 1.59. The third-order valence-electron chi connectivity index (χ3n) is 5.02. The number of amidine groups is 1. The largest absolute Gasteiger partial charge is 0.493 e. The predicted octanol–water partition coefficient (Wildman–Crippen LogP) is 4.94. The zero-order valence-electron chi connectivity index (χ0n) is 16.0. The summed E-state index contributed by atoms with van der Waals surface area (Å²) in [6.45, 7) is -0.241. The van der Waals surface area contributed by atoms with Gasteiger partial charge in [-0.05, 0) is 23.8 Å². The highest BCUT2D eigenvalue weighted by Crippen LogP contribution is 2.40. The van der Waals surface area contributed by atoms with Crippen LogP contribution in [0.5, 0.6) is 11.5 Å². The lowest BCUT2D eigenvalue weighted by molar-refractivity contribution is -0.138. The molecule has 1 aliphatic heterocycles. The maximum Gasteiger partial charge on any atom is 0.416 e. The molecule has 0 fully saturated rings. The summed E-state index contributed by atoms with van der Waals surface area (Å²) in [5, 5.41) is 17.8. The fraction of sp³-hybridized carbons (Fsp3) is 0.238. The molecule has 0 amide bonds. The molecule has 0 spiro atoms. The molecule has 156 valence electrons. The molecular formula is C21H19F3N4O2. The first kappa shape index (κ1) is 19.8. The summed E-state index contributed by atoms with van der Waals surface area (Å²) in [4.78, 5) is 0. The van der Waals surface area contributed by atoms with Crippen molar-refractivity contribution >= 4 is 11.7 Å². The summed E-state index contributed by atoms with van der Waals surface area (Å²) >= 11 is 0. The number of hydrogen-bond acceptors (Lipinski definition) is 4. The number of methoxy groups -OCH3 is 1. The minimum absolute atomic E-state index is 0.0472. The number of hydrogen-bond donors (Lipinski definition) is 3. The van der Waals surface area contributed by atoms with Gasteiger partial charge in [-0.25, -0.2) is 0 Å². The van der Waals surface area contributed by atoms with Gasteiger partial charge >= 0.3 is 6.18 Å². The lowest BCUT2D eigenvalue weighted by Crippen LogP contribution is -2.22. The van der Waals surface area contributed by atoms with E-state index >= 15 is 0 Å². The molecule has 2 heterocycles. The molecule has 30 heavy (non-hydrogen) atoms. The fourth-order valence-electron chi connectivity index (χ4n) is 3.57. The van der Waals surface area contributed by atoms with Crippen molar-refractivity contribution in [1.29, 1.82) is 5.41 Å². The van der Waals surface area contributed by atoms with Gasteiger partial charge in [0.05, 0.1) is 18.5 Å². The quantitative estimate of drug-likeness (QED) is 0.550. The molecule has 0 saturated carbocycles. The van der Waals surface area contributed by atoms with Gasteiger partial charge in [0.2, 0.25) is 0 Å². The second-order valence-corrected chi connectivity index (χ2v) is 6.90. The predicted molar refractivity (Wildman–Crippen MR) is 105 cm³/mol. The van der Waals surface area contributed by atoms with Crippen molar-refractivity contribution in [3.63, 3.8) is 0 Å². The number of alkyl halides is 3. The average molecular weight is 416 g/mol. The zero-order valence-corrected chi connectivity index (χ0v) is 16.0. The van der Waals surface area contributed by atoms with Crippen LogP contribution in [0.3, 0.4) is 0 Å². The van der Waals surface area contributed by atoms with E-state index in [2.05, 4.69) is 15.5 Å². The van der Waals surface area contributed by atoms with Crippen LogP contribution < -0.4 is 14.8 Å². The Kier molecular flexibility index (Phi) is 5.11. The number of nitrogens with zero attached hydrogens (tertiary/aromatic N) is 1. The molecule has 0 aliphatic carbocycles. The van der Waals surface area contributed by atoms with Gasteiger partial charge in [-0.15, -0.1) is 0 Å². The zero-order chi connectivity index (χ0) is 21.3. The van der Waals surface area contributed by atoms with Crippen LogP contribution in [-0.2, 0) is 12.8 Å².